The Morgan fingerprint density at radius 2 is 1.63 bits per heavy atom. The highest BCUT2D eigenvalue weighted by molar-refractivity contribution is 6.33. The molecule has 0 saturated carbocycles. The fourth-order valence-electron chi connectivity index (χ4n) is 5.79. The largest absolute Gasteiger partial charge is 0.368 e. The monoisotopic (exact) mass is 530 g/mol. The molecule has 198 valence electrons. The number of halogens is 1. The van der Waals surface area contributed by atoms with E-state index in [1.54, 1.807) is 0 Å². The summed E-state index contributed by atoms with van der Waals surface area (Å²) in [6.45, 7) is 9.95. The van der Waals surface area contributed by atoms with Gasteiger partial charge in [0, 0.05) is 89.0 Å². The average Bonchev–Trinajstić information content (AvgIpc) is 3.53. The molecule has 7 nitrogen and oxygen atoms in total. The van der Waals surface area contributed by atoms with E-state index in [2.05, 4.69) is 67.6 Å². The Morgan fingerprint density at radius 1 is 0.895 bits per heavy atom. The smallest absolute Gasteiger partial charge is 0.270 e. The number of carbonyl (C=O) groups is 1. The maximum atomic E-state index is 13.5. The molecule has 4 aromatic rings. The van der Waals surface area contributed by atoms with Crippen molar-refractivity contribution in [2.24, 2.45) is 7.05 Å². The molecular weight excluding hydrogens is 496 g/mol. The summed E-state index contributed by atoms with van der Waals surface area (Å²) in [5, 5.41) is 2.03. The van der Waals surface area contributed by atoms with Crippen LogP contribution in [0.4, 0.5) is 11.4 Å². The number of H-pyrrole nitrogens is 1. The SMILES string of the molecule is Cc1c(CN2CCN(c3ccccc3Cl)CC2)cc(C(=O)N2CCN(c3ccc4cc[nH]c4c3)CC2)n1C. The van der Waals surface area contributed by atoms with E-state index < -0.39 is 0 Å². The molecule has 4 heterocycles. The molecule has 8 heteroatoms. The minimum Gasteiger partial charge on any atom is -0.368 e. The number of piperazine rings is 2. The molecule has 6 rings (SSSR count). The predicted molar refractivity (Wildman–Crippen MR) is 156 cm³/mol. The van der Waals surface area contributed by atoms with Crippen molar-refractivity contribution in [2.75, 3.05) is 62.2 Å². The van der Waals surface area contributed by atoms with Crippen LogP contribution in [0, 0.1) is 6.92 Å². The fourth-order valence-corrected chi connectivity index (χ4v) is 6.04. The summed E-state index contributed by atoms with van der Waals surface area (Å²) in [6.07, 6.45) is 1.97. The van der Waals surface area contributed by atoms with Crippen LogP contribution in [0.5, 0.6) is 0 Å². The van der Waals surface area contributed by atoms with E-state index in [4.69, 9.17) is 11.6 Å². The number of nitrogens with zero attached hydrogens (tertiary/aromatic N) is 5. The van der Waals surface area contributed by atoms with E-state index in [0.29, 0.717) is 0 Å². The second kappa shape index (κ2) is 10.4. The van der Waals surface area contributed by atoms with Crippen molar-refractivity contribution in [1.29, 1.82) is 0 Å². The molecule has 2 aliphatic heterocycles. The summed E-state index contributed by atoms with van der Waals surface area (Å²) in [5.41, 5.74) is 6.66. The van der Waals surface area contributed by atoms with E-state index in [1.807, 2.05) is 36.3 Å². The van der Waals surface area contributed by atoms with Gasteiger partial charge in [0.25, 0.3) is 5.91 Å². The molecule has 1 N–H and O–H groups in total. The number of benzene rings is 2. The van der Waals surface area contributed by atoms with Gasteiger partial charge in [-0.1, -0.05) is 29.8 Å². The Kier molecular flexibility index (Phi) is 6.80. The van der Waals surface area contributed by atoms with Gasteiger partial charge in [-0.05, 0) is 54.3 Å². The Bertz CT molecular complexity index is 1440. The second-order valence-electron chi connectivity index (χ2n) is 10.4. The molecule has 2 fully saturated rings. The standard InChI is InChI=1S/C30H35ClN6O/c1-22-24(21-34-11-13-36(14-12-34)28-6-4-3-5-26(28)31)19-29(33(22)2)30(38)37-17-15-35(16-18-37)25-8-7-23-9-10-32-27(23)20-25/h3-10,19-20,32H,11-18,21H2,1-2H3. The maximum Gasteiger partial charge on any atom is 0.270 e. The molecule has 38 heavy (non-hydrogen) atoms. The number of hydrogen-bond acceptors (Lipinski definition) is 4. The molecule has 0 unspecified atom stereocenters. The lowest BCUT2D eigenvalue weighted by molar-refractivity contribution is 0.0737. The van der Waals surface area contributed by atoms with Crippen molar-refractivity contribution in [3.05, 3.63) is 82.8 Å². The van der Waals surface area contributed by atoms with Gasteiger partial charge in [-0.15, -0.1) is 0 Å². The first kappa shape index (κ1) is 24.9. The zero-order valence-corrected chi connectivity index (χ0v) is 22.9. The van der Waals surface area contributed by atoms with E-state index in [1.165, 1.54) is 22.3 Å². The van der Waals surface area contributed by atoms with Crippen LogP contribution in [0.25, 0.3) is 10.9 Å². The van der Waals surface area contributed by atoms with Crippen LogP contribution in [0.15, 0.2) is 60.8 Å². The van der Waals surface area contributed by atoms with Crippen molar-refractivity contribution in [3.63, 3.8) is 0 Å². The van der Waals surface area contributed by atoms with Crippen molar-refractivity contribution in [1.82, 2.24) is 19.4 Å². The fraction of sp³-hybridized carbons (Fsp3) is 0.367. The van der Waals surface area contributed by atoms with Gasteiger partial charge in [0.05, 0.1) is 10.7 Å². The molecule has 0 bridgehead atoms. The van der Waals surface area contributed by atoms with Crippen LogP contribution in [0.1, 0.15) is 21.7 Å². The summed E-state index contributed by atoms with van der Waals surface area (Å²) in [6, 6.07) is 18.8. The number of nitrogens with one attached hydrogen (secondary N) is 1. The van der Waals surface area contributed by atoms with E-state index in [9.17, 15) is 4.79 Å². The first-order valence-corrected chi connectivity index (χ1v) is 13.8. The third-order valence-corrected chi connectivity index (χ3v) is 8.61. The minimum absolute atomic E-state index is 0.129. The van der Waals surface area contributed by atoms with Gasteiger partial charge in [-0.2, -0.15) is 0 Å². The van der Waals surface area contributed by atoms with Crippen molar-refractivity contribution < 1.29 is 4.79 Å². The van der Waals surface area contributed by atoms with Crippen molar-refractivity contribution in [3.8, 4) is 0 Å². The highest BCUT2D eigenvalue weighted by atomic mass is 35.5. The predicted octanol–water partition coefficient (Wildman–Crippen LogP) is 4.75. The van der Waals surface area contributed by atoms with Crippen molar-refractivity contribution >= 4 is 39.8 Å². The van der Waals surface area contributed by atoms with Crippen LogP contribution in [0.2, 0.25) is 5.02 Å². The molecule has 1 amide bonds. The molecule has 0 spiro atoms. The number of carbonyl (C=O) groups excluding carboxylic acids is 1. The van der Waals surface area contributed by atoms with Crippen LogP contribution >= 0.6 is 11.6 Å². The summed E-state index contributed by atoms with van der Waals surface area (Å²) in [4.78, 5) is 26.1. The topological polar surface area (TPSA) is 50.8 Å². The zero-order valence-electron chi connectivity index (χ0n) is 22.2. The van der Waals surface area contributed by atoms with Gasteiger partial charge < -0.3 is 24.3 Å². The number of fused-ring (bicyclic) bond motifs is 1. The zero-order chi connectivity index (χ0) is 26.2. The first-order valence-electron chi connectivity index (χ1n) is 13.5. The van der Waals surface area contributed by atoms with Gasteiger partial charge in [-0.3, -0.25) is 9.69 Å². The van der Waals surface area contributed by atoms with E-state index >= 15 is 0 Å². The van der Waals surface area contributed by atoms with Gasteiger partial charge in [-0.25, -0.2) is 0 Å². The van der Waals surface area contributed by atoms with Crippen LogP contribution in [-0.4, -0.2) is 77.6 Å². The van der Waals surface area contributed by atoms with Gasteiger partial charge >= 0.3 is 0 Å². The van der Waals surface area contributed by atoms with Gasteiger partial charge in [0.1, 0.15) is 5.69 Å². The third-order valence-electron chi connectivity index (χ3n) is 8.29. The van der Waals surface area contributed by atoms with Crippen LogP contribution < -0.4 is 9.80 Å². The van der Waals surface area contributed by atoms with E-state index in [-0.39, 0.29) is 5.91 Å². The average molecular weight is 531 g/mol. The lowest BCUT2D eigenvalue weighted by Gasteiger charge is -2.36. The number of rotatable bonds is 5. The summed E-state index contributed by atoms with van der Waals surface area (Å²) < 4.78 is 2.07. The van der Waals surface area contributed by atoms with Gasteiger partial charge in [0.15, 0.2) is 0 Å². The number of para-hydroxylation sites is 1. The number of anilines is 2. The Morgan fingerprint density at radius 3 is 2.39 bits per heavy atom. The van der Waals surface area contributed by atoms with Crippen molar-refractivity contribution in [2.45, 2.75) is 13.5 Å². The second-order valence-corrected chi connectivity index (χ2v) is 10.8. The quantitative estimate of drug-likeness (QED) is 0.404. The Balaban J connectivity index is 1.07. The highest BCUT2D eigenvalue weighted by Gasteiger charge is 2.27. The Labute approximate surface area is 229 Å². The normalized spacial score (nSPS) is 17.0. The van der Waals surface area contributed by atoms with E-state index in [0.717, 1.165) is 80.8 Å². The molecule has 2 aliphatic rings. The lowest BCUT2D eigenvalue weighted by atomic mass is 10.2. The summed E-state index contributed by atoms with van der Waals surface area (Å²) in [7, 11) is 2.02. The number of aromatic nitrogens is 2. The Hall–Kier alpha value is -3.42. The molecular formula is C30H35ClN6O. The van der Waals surface area contributed by atoms with Crippen LogP contribution in [-0.2, 0) is 13.6 Å². The summed E-state index contributed by atoms with van der Waals surface area (Å²) in [5.74, 6) is 0.129. The molecule has 2 aromatic heterocycles. The number of amides is 1. The number of aromatic amines is 1. The minimum atomic E-state index is 0.129. The van der Waals surface area contributed by atoms with Crippen LogP contribution in [0.3, 0.4) is 0 Å². The maximum absolute atomic E-state index is 13.5. The summed E-state index contributed by atoms with van der Waals surface area (Å²) >= 11 is 6.42. The third kappa shape index (κ3) is 4.76. The van der Waals surface area contributed by atoms with Gasteiger partial charge in [0.2, 0.25) is 0 Å². The highest BCUT2D eigenvalue weighted by Crippen LogP contribution is 2.27. The lowest BCUT2D eigenvalue weighted by Crippen LogP contribution is -2.49. The molecule has 2 aromatic carbocycles. The molecule has 0 radical (unpaired) electrons. The molecule has 2 saturated heterocycles. The molecule has 0 aliphatic carbocycles. The molecule has 0 atom stereocenters. The first-order chi connectivity index (χ1) is 18.5. The number of hydrogen-bond donors (Lipinski definition) is 1.